The van der Waals surface area contributed by atoms with E-state index < -0.39 is 16.1 Å². The van der Waals surface area contributed by atoms with Crippen molar-refractivity contribution in [2.24, 2.45) is 0 Å². The standard InChI is InChI=1S/C20H28N2O4S2/c1-20(2,3)17-8-6-7-9-18(17)26-13-15(23)14-27-19-11-10-16(12-21-19)28(24,25)22(4)5/h6-12,15,23H,13-14H2,1-5H3. The number of sulfonamides is 1. The lowest BCUT2D eigenvalue weighted by atomic mass is 9.86. The number of pyridine rings is 1. The number of aliphatic hydroxyl groups excluding tert-OH is 1. The zero-order valence-electron chi connectivity index (χ0n) is 16.9. The zero-order valence-corrected chi connectivity index (χ0v) is 18.5. The molecule has 0 spiro atoms. The molecule has 6 nitrogen and oxygen atoms in total. The van der Waals surface area contributed by atoms with Crippen LogP contribution in [0.5, 0.6) is 5.75 Å². The van der Waals surface area contributed by atoms with Crippen molar-refractivity contribution in [1.82, 2.24) is 9.29 Å². The predicted octanol–water partition coefficient (Wildman–Crippen LogP) is 3.16. The van der Waals surface area contributed by atoms with E-state index in [0.29, 0.717) is 10.8 Å². The highest BCUT2D eigenvalue weighted by atomic mass is 32.2. The lowest BCUT2D eigenvalue weighted by Gasteiger charge is -2.23. The number of benzene rings is 1. The van der Waals surface area contributed by atoms with Crippen LogP contribution in [0.1, 0.15) is 26.3 Å². The molecule has 0 fully saturated rings. The van der Waals surface area contributed by atoms with Gasteiger partial charge in [0.15, 0.2) is 0 Å². The van der Waals surface area contributed by atoms with Crippen molar-refractivity contribution in [3.05, 3.63) is 48.2 Å². The largest absolute Gasteiger partial charge is 0.491 e. The number of hydrogen-bond acceptors (Lipinski definition) is 6. The van der Waals surface area contributed by atoms with E-state index >= 15 is 0 Å². The molecule has 0 aliphatic rings. The number of aromatic nitrogens is 1. The molecule has 28 heavy (non-hydrogen) atoms. The predicted molar refractivity (Wildman–Crippen MR) is 112 cm³/mol. The Balaban J connectivity index is 1.91. The second-order valence-corrected chi connectivity index (χ2v) is 10.8. The third kappa shape index (κ3) is 5.94. The molecule has 1 aromatic heterocycles. The Labute approximate surface area is 172 Å². The monoisotopic (exact) mass is 424 g/mol. The molecule has 0 amide bonds. The van der Waals surface area contributed by atoms with Gasteiger partial charge in [-0.3, -0.25) is 0 Å². The number of aliphatic hydroxyl groups is 1. The third-order valence-electron chi connectivity index (χ3n) is 4.04. The molecule has 154 valence electrons. The first kappa shape index (κ1) is 22.7. The maximum absolute atomic E-state index is 12.0. The Bertz CT molecular complexity index is 876. The van der Waals surface area contributed by atoms with Crippen molar-refractivity contribution < 1.29 is 18.3 Å². The van der Waals surface area contributed by atoms with Crippen molar-refractivity contribution in [2.45, 2.75) is 42.2 Å². The van der Waals surface area contributed by atoms with Gasteiger partial charge in [0.2, 0.25) is 10.0 Å². The fraction of sp³-hybridized carbons (Fsp3) is 0.450. The Hall–Kier alpha value is -1.61. The van der Waals surface area contributed by atoms with Gasteiger partial charge >= 0.3 is 0 Å². The quantitative estimate of drug-likeness (QED) is 0.656. The van der Waals surface area contributed by atoms with Crippen LogP contribution in [0.25, 0.3) is 0 Å². The average Bonchev–Trinajstić information content (AvgIpc) is 2.64. The maximum Gasteiger partial charge on any atom is 0.244 e. The van der Waals surface area contributed by atoms with Crippen LogP contribution >= 0.6 is 11.8 Å². The summed E-state index contributed by atoms with van der Waals surface area (Å²) in [5.41, 5.74) is 1.05. The molecule has 2 aromatic rings. The van der Waals surface area contributed by atoms with E-state index in [-0.39, 0.29) is 16.9 Å². The summed E-state index contributed by atoms with van der Waals surface area (Å²) in [7, 11) is -0.532. The van der Waals surface area contributed by atoms with Crippen molar-refractivity contribution in [1.29, 1.82) is 0 Å². The molecule has 0 aliphatic carbocycles. The summed E-state index contributed by atoms with van der Waals surface area (Å²) in [6, 6.07) is 11.0. The molecule has 1 heterocycles. The first-order valence-corrected chi connectivity index (χ1v) is 11.4. The van der Waals surface area contributed by atoms with E-state index in [1.54, 1.807) is 6.07 Å². The van der Waals surface area contributed by atoms with E-state index in [0.717, 1.165) is 15.6 Å². The average molecular weight is 425 g/mol. The molecular formula is C20H28N2O4S2. The van der Waals surface area contributed by atoms with Crippen LogP contribution in [0, 0.1) is 0 Å². The normalized spacial score (nSPS) is 13.5. The lowest BCUT2D eigenvalue weighted by Crippen LogP contribution is -2.22. The molecular weight excluding hydrogens is 396 g/mol. The van der Waals surface area contributed by atoms with Gasteiger partial charge in [-0.2, -0.15) is 0 Å². The van der Waals surface area contributed by atoms with Crippen molar-refractivity contribution >= 4 is 21.8 Å². The second kappa shape index (κ2) is 9.26. The molecule has 0 saturated carbocycles. The molecule has 1 aromatic carbocycles. The van der Waals surface area contributed by atoms with E-state index in [1.165, 1.54) is 38.1 Å². The van der Waals surface area contributed by atoms with E-state index in [9.17, 15) is 13.5 Å². The lowest BCUT2D eigenvalue weighted by molar-refractivity contribution is 0.125. The van der Waals surface area contributed by atoms with Crippen LogP contribution in [-0.4, -0.2) is 55.4 Å². The van der Waals surface area contributed by atoms with Gasteiger partial charge in [0.1, 0.15) is 17.3 Å². The number of ether oxygens (including phenoxy) is 1. The smallest absolute Gasteiger partial charge is 0.244 e. The molecule has 0 saturated heterocycles. The highest BCUT2D eigenvalue weighted by molar-refractivity contribution is 7.99. The third-order valence-corrected chi connectivity index (χ3v) is 6.93. The number of rotatable bonds is 8. The van der Waals surface area contributed by atoms with Crippen LogP contribution < -0.4 is 4.74 Å². The summed E-state index contributed by atoms with van der Waals surface area (Å²) < 4.78 is 31.1. The molecule has 0 aliphatic heterocycles. The van der Waals surface area contributed by atoms with Crippen LogP contribution in [0.4, 0.5) is 0 Å². The first-order chi connectivity index (χ1) is 13.0. The summed E-state index contributed by atoms with van der Waals surface area (Å²) in [6.07, 6.45) is 0.658. The summed E-state index contributed by atoms with van der Waals surface area (Å²) in [6.45, 7) is 6.53. The minimum atomic E-state index is -3.49. The van der Waals surface area contributed by atoms with Crippen LogP contribution in [0.15, 0.2) is 52.5 Å². The number of para-hydroxylation sites is 1. The summed E-state index contributed by atoms with van der Waals surface area (Å²) in [5, 5.41) is 10.9. The fourth-order valence-corrected chi connectivity index (χ4v) is 4.04. The minimum absolute atomic E-state index is 0.0468. The van der Waals surface area contributed by atoms with Crippen LogP contribution in [0.3, 0.4) is 0 Å². The van der Waals surface area contributed by atoms with Crippen LogP contribution in [0.2, 0.25) is 0 Å². The van der Waals surface area contributed by atoms with E-state index in [1.807, 2.05) is 24.3 Å². The first-order valence-electron chi connectivity index (χ1n) is 8.93. The second-order valence-electron chi connectivity index (χ2n) is 7.64. The van der Waals surface area contributed by atoms with E-state index in [4.69, 9.17) is 4.74 Å². The van der Waals surface area contributed by atoms with Crippen LogP contribution in [-0.2, 0) is 15.4 Å². The van der Waals surface area contributed by atoms with Gasteiger partial charge in [-0.15, -0.1) is 11.8 Å². The van der Waals surface area contributed by atoms with Gasteiger partial charge in [-0.1, -0.05) is 39.0 Å². The SMILES string of the molecule is CN(C)S(=O)(=O)c1ccc(SCC(O)COc2ccccc2C(C)(C)C)nc1. The molecule has 1 atom stereocenters. The highest BCUT2D eigenvalue weighted by Gasteiger charge is 2.20. The Morgan fingerprint density at radius 1 is 1.18 bits per heavy atom. The van der Waals surface area contributed by atoms with Gasteiger partial charge in [-0.25, -0.2) is 17.7 Å². The van der Waals surface area contributed by atoms with Gasteiger partial charge in [-0.05, 0) is 29.2 Å². The Morgan fingerprint density at radius 3 is 2.43 bits per heavy atom. The van der Waals surface area contributed by atoms with E-state index in [2.05, 4.69) is 25.8 Å². The number of thioether (sulfide) groups is 1. The van der Waals surface area contributed by atoms with Gasteiger partial charge < -0.3 is 9.84 Å². The fourth-order valence-electron chi connectivity index (χ4n) is 2.44. The zero-order chi connectivity index (χ0) is 20.9. The molecule has 0 bridgehead atoms. The molecule has 1 unspecified atom stereocenters. The highest BCUT2D eigenvalue weighted by Crippen LogP contribution is 2.31. The van der Waals surface area contributed by atoms with Gasteiger partial charge in [0.05, 0.1) is 11.1 Å². The van der Waals surface area contributed by atoms with Crippen molar-refractivity contribution in [3.63, 3.8) is 0 Å². The minimum Gasteiger partial charge on any atom is -0.491 e. The Morgan fingerprint density at radius 2 is 1.86 bits per heavy atom. The topological polar surface area (TPSA) is 79.7 Å². The summed E-state index contributed by atoms with van der Waals surface area (Å²) in [4.78, 5) is 4.31. The van der Waals surface area contributed by atoms with Crippen molar-refractivity contribution in [2.75, 3.05) is 26.5 Å². The summed E-state index contributed by atoms with van der Waals surface area (Å²) >= 11 is 1.35. The number of nitrogens with zero attached hydrogens (tertiary/aromatic N) is 2. The molecule has 8 heteroatoms. The Kier molecular flexibility index (Phi) is 7.50. The molecule has 2 rings (SSSR count). The molecule has 1 N–H and O–H groups in total. The summed E-state index contributed by atoms with van der Waals surface area (Å²) in [5.74, 6) is 1.17. The van der Waals surface area contributed by atoms with Gasteiger partial charge in [0.25, 0.3) is 0 Å². The number of hydrogen-bond donors (Lipinski definition) is 1. The van der Waals surface area contributed by atoms with Gasteiger partial charge in [0, 0.05) is 26.0 Å². The maximum atomic E-state index is 12.0. The molecule has 0 radical (unpaired) electrons. The van der Waals surface area contributed by atoms with Crippen molar-refractivity contribution in [3.8, 4) is 5.75 Å².